The Bertz CT molecular complexity index is 1570. The molecule has 2 aromatic carbocycles. The molecule has 4 heterocycles. The van der Waals surface area contributed by atoms with E-state index in [0.29, 0.717) is 28.7 Å². The molecule has 7 nitrogen and oxygen atoms in total. The van der Waals surface area contributed by atoms with E-state index in [1.165, 1.54) is 40.6 Å². The molecule has 0 unspecified atom stereocenters. The van der Waals surface area contributed by atoms with Crippen LogP contribution in [-0.4, -0.2) is 45.5 Å². The summed E-state index contributed by atoms with van der Waals surface area (Å²) in [6, 6.07) is 13.4. The number of piperidine rings is 1. The second-order valence-corrected chi connectivity index (χ2v) is 14.1. The lowest BCUT2D eigenvalue weighted by atomic mass is 9.81. The first-order chi connectivity index (χ1) is 19.5. The number of carbonyl (C=O) groups excluding carboxylic acids is 3. The second kappa shape index (κ2) is 10.5. The highest BCUT2D eigenvalue weighted by Crippen LogP contribution is 2.54. The number of rotatable bonds is 4. The van der Waals surface area contributed by atoms with Gasteiger partial charge in [0.15, 0.2) is 0 Å². The Labute approximate surface area is 246 Å². The van der Waals surface area contributed by atoms with Gasteiger partial charge in [0, 0.05) is 23.9 Å². The zero-order chi connectivity index (χ0) is 29.1. The number of thiazole rings is 1. The van der Waals surface area contributed by atoms with Gasteiger partial charge in [0.2, 0.25) is 17.7 Å². The Kier molecular flexibility index (Phi) is 7.18. The maximum Gasteiger partial charge on any atom is 0.308 e. The van der Waals surface area contributed by atoms with Crippen molar-refractivity contribution < 1.29 is 18.8 Å². The molecule has 1 aromatic heterocycles. The third-order valence-electron chi connectivity index (χ3n) is 8.27. The highest BCUT2D eigenvalue weighted by molar-refractivity contribution is 8.00. The van der Waals surface area contributed by atoms with Crippen LogP contribution in [0.4, 0.5) is 10.1 Å². The van der Waals surface area contributed by atoms with Gasteiger partial charge in [0.05, 0.1) is 16.6 Å². The number of hydrogen-bond acceptors (Lipinski definition) is 6. The average molecular weight is 594 g/mol. The van der Waals surface area contributed by atoms with E-state index in [2.05, 4.69) is 20.8 Å². The van der Waals surface area contributed by atoms with Crippen molar-refractivity contribution in [2.75, 3.05) is 18.0 Å². The summed E-state index contributed by atoms with van der Waals surface area (Å²) < 4.78 is 15.2. The van der Waals surface area contributed by atoms with Crippen LogP contribution in [0.3, 0.4) is 0 Å². The van der Waals surface area contributed by atoms with E-state index >= 15 is 0 Å². The quantitative estimate of drug-likeness (QED) is 0.391. The number of fused-ring (bicyclic) bond motifs is 2. The second-order valence-electron chi connectivity index (χ2n) is 12.0. The number of likely N-dealkylation sites (tertiary alicyclic amines) is 1. The van der Waals surface area contributed by atoms with Crippen molar-refractivity contribution in [3.63, 3.8) is 0 Å². The van der Waals surface area contributed by atoms with Crippen LogP contribution in [0.15, 0.2) is 58.4 Å². The molecule has 0 saturated carbocycles. The average Bonchev–Trinajstić information content (AvgIpc) is 3.40. The van der Waals surface area contributed by atoms with Crippen LogP contribution in [0.25, 0.3) is 0 Å². The SMILES string of the molecule is CC(C)(C)c1ccc([C@@H]2c3sc(=O)n(CC(=O)N4CCCCC4)c3S[C@H]3C(=O)N(c4ccc(F)cc4)C(=O)[C@@H]23)cc1. The molecule has 2 fully saturated rings. The topological polar surface area (TPSA) is 79.7 Å². The number of anilines is 1. The molecule has 214 valence electrons. The van der Waals surface area contributed by atoms with Gasteiger partial charge in [-0.05, 0) is 60.1 Å². The summed E-state index contributed by atoms with van der Waals surface area (Å²) in [5.41, 5.74) is 2.21. The van der Waals surface area contributed by atoms with Crippen molar-refractivity contribution in [2.24, 2.45) is 5.92 Å². The number of hydrogen-bond donors (Lipinski definition) is 0. The fourth-order valence-electron chi connectivity index (χ4n) is 6.03. The Balaban J connectivity index is 1.44. The van der Waals surface area contributed by atoms with E-state index in [1.807, 2.05) is 24.3 Å². The monoisotopic (exact) mass is 593 g/mol. The van der Waals surface area contributed by atoms with Crippen LogP contribution < -0.4 is 9.77 Å². The number of thioether (sulfide) groups is 1. The van der Waals surface area contributed by atoms with Gasteiger partial charge in [0.1, 0.15) is 17.6 Å². The standard InChI is InChI=1S/C31H32FN3O4S2/c1-31(2,3)19-9-7-18(8-10-19)23-24-25(28(38)35(27(24)37)21-13-11-20(32)12-14-21)40-29-26(23)41-30(39)34(29)17-22(36)33-15-5-4-6-16-33/h7-14,23-25H,4-6,15-17H2,1-3H3/t23-,24-,25+/m0/s1. The summed E-state index contributed by atoms with van der Waals surface area (Å²) in [5, 5.41) is -0.198. The van der Waals surface area contributed by atoms with E-state index in [9.17, 15) is 23.6 Å². The number of nitrogens with zero attached hydrogens (tertiary/aromatic N) is 3. The molecule has 3 aliphatic heterocycles. The van der Waals surface area contributed by atoms with E-state index < -0.39 is 28.8 Å². The number of amides is 3. The fourth-order valence-corrected chi connectivity index (χ4v) is 8.80. The predicted octanol–water partition coefficient (Wildman–Crippen LogP) is 5.15. The Morgan fingerprint density at radius 2 is 1.59 bits per heavy atom. The molecule has 0 aliphatic carbocycles. The summed E-state index contributed by atoms with van der Waals surface area (Å²) in [4.78, 5) is 57.8. The predicted molar refractivity (Wildman–Crippen MR) is 158 cm³/mol. The summed E-state index contributed by atoms with van der Waals surface area (Å²) in [6.07, 6.45) is 2.99. The molecular weight excluding hydrogens is 561 g/mol. The van der Waals surface area contributed by atoms with Crippen molar-refractivity contribution in [2.45, 2.75) is 68.2 Å². The molecule has 0 bridgehead atoms. The van der Waals surface area contributed by atoms with Gasteiger partial charge in [0.25, 0.3) is 0 Å². The maximum absolute atomic E-state index is 14.0. The number of imide groups is 1. The summed E-state index contributed by atoms with van der Waals surface area (Å²) >= 11 is 2.25. The van der Waals surface area contributed by atoms with Crippen LogP contribution in [0.1, 0.15) is 62.0 Å². The van der Waals surface area contributed by atoms with Crippen LogP contribution in [0.2, 0.25) is 0 Å². The highest BCUT2D eigenvalue weighted by atomic mass is 32.2. The molecule has 3 aromatic rings. The van der Waals surface area contributed by atoms with Gasteiger partial charge in [-0.3, -0.25) is 23.7 Å². The molecule has 0 spiro atoms. The van der Waals surface area contributed by atoms with E-state index in [1.54, 1.807) is 4.90 Å². The highest BCUT2D eigenvalue weighted by Gasteiger charge is 2.56. The zero-order valence-electron chi connectivity index (χ0n) is 23.3. The lowest BCUT2D eigenvalue weighted by Crippen LogP contribution is -2.39. The Morgan fingerprint density at radius 3 is 2.22 bits per heavy atom. The van der Waals surface area contributed by atoms with Gasteiger partial charge in [-0.25, -0.2) is 9.29 Å². The molecule has 3 amide bonds. The lowest BCUT2D eigenvalue weighted by molar-refractivity contribution is -0.133. The van der Waals surface area contributed by atoms with Crippen LogP contribution in [0, 0.1) is 11.7 Å². The third-order valence-corrected chi connectivity index (χ3v) is 10.9. The van der Waals surface area contributed by atoms with Gasteiger partial charge < -0.3 is 4.90 Å². The zero-order valence-corrected chi connectivity index (χ0v) is 24.9. The minimum atomic E-state index is -0.780. The molecule has 6 rings (SSSR count). The molecule has 41 heavy (non-hydrogen) atoms. The molecule has 0 radical (unpaired) electrons. The third kappa shape index (κ3) is 4.95. The van der Waals surface area contributed by atoms with E-state index in [4.69, 9.17) is 0 Å². The molecule has 0 N–H and O–H groups in total. The van der Waals surface area contributed by atoms with Crippen molar-refractivity contribution in [1.82, 2.24) is 9.47 Å². The summed E-state index contributed by atoms with van der Waals surface area (Å²) in [6.45, 7) is 7.64. The normalized spacial score (nSPS) is 22.6. The first-order valence-electron chi connectivity index (χ1n) is 14.0. The minimum absolute atomic E-state index is 0.0733. The maximum atomic E-state index is 14.0. The van der Waals surface area contributed by atoms with Crippen molar-refractivity contribution in [3.05, 3.63) is 80.0 Å². The number of halogens is 1. The molecule has 3 aliphatic rings. The van der Waals surface area contributed by atoms with Crippen molar-refractivity contribution in [3.8, 4) is 0 Å². The molecule has 2 saturated heterocycles. The lowest BCUT2D eigenvalue weighted by Gasteiger charge is -2.31. The first-order valence-corrected chi connectivity index (χ1v) is 15.7. The van der Waals surface area contributed by atoms with Gasteiger partial charge in [-0.2, -0.15) is 0 Å². The summed E-state index contributed by atoms with van der Waals surface area (Å²) in [5.74, 6) is -2.60. The largest absolute Gasteiger partial charge is 0.341 e. The first kappa shape index (κ1) is 27.9. The van der Waals surface area contributed by atoms with Crippen LogP contribution in [-0.2, 0) is 26.3 Å². The fraction of sp³-hybridized carbons (Fsp3) is 0.419. The number of aromatic nitrogens is 1. The number of carbonyl (C=O) groups is 3. The molecule has 3 atom stereocenters. The van der Waals surface area contributed by atoms with E-state index in [0.717, 1.165) is 46.6 Å². The Morgan fingerprint density at radius 1 is 0.927 bits per heavy atom. The van der Waals surface area contributed by atoms with Crippen molar-refractivity contribution in [1.29, 1.82) is 0 Å². The smallest absolute Gasteiger partial charge is 0.308 e. The number of benzene rings is 2. The summed E-state index contributed by atoms with van der Waals surface area (Å²) in [7, 11) is 0. The van der Waals surface area contributed by atoms with Crippen LogP contribution in [0.5, 0.6) is 0 Å². The van der Waals surface area contributed by atoms with Crippen molar-refractivity contribution >= 4 is 46.5 Å². The minimum Gasteiger partial charge on any atom is -0.341 e. The van der Waals surface area contributed by atoms with Gasteiger partial charge in [-0.15, -0.1) is 0 Å². The van der Waals surface area contributed by atoms with Gasteiger partial charge in [-0.1, -0.05) is 68.1 Å². The Hall–Kier alpha value is -3.24. The van der Waals surface area contributed by atoms with Crippen LogP contribution >= 0.6 is 23.1 Å². The van der Waals surface area contributed by atoms with Gasteiger partial charge >= 0.3 is 4.87 Å². The molecule has 10 heteroatoms. The molecular formula is C31H32FN3O4S2. The van der Waals surface area contributed by atoms with E-state index in [-0.39, 0.29) is 28.6 Å².